The van der Waals surface area contributed by atoms with Gasteiger partial charge in [-0.05, 0) is 17.5 Å². The molecule has 0 aliphatic carbocycles. The smallest absolute Gasteiger partial charge is 0.0313 e. The van der Waals surface area contributed by atoms with Crippen molar-refractivity contribution < 1.29 is 0 Å². The largest absolute Gasteiger partial charge is 0.399 e. The van der Waals surface area contributed by atoms with Crippen LogP contribution >= 0.6 is 21.6 Å². The standard InChI is InChI=1S/C6H7N.C3H4S2/c7-6-4-2-1-3-5-6;1-2-4-5-3-1/h1-5H,7H2;1-2H,3H2. The van der Waals surface area contributed by atoms with Crippen molar-refractivity contribution in [2.45, 2.75) is 0 Å². The Morgan fingerprint density at radius 3 is 2.17 bits per heavy atom. The number of nitrogen functional groups attached to an aromatic ring is 1. The zero-order chi connectivity index (χ0) is 8.65. The van der Waals surface area contributed by atoms with Crippen LogP contribution in [0.15, 0.2) is 41.8 Å². The van der Waals surface area contributed by atoms with Gasteiger partial charge in [0.05, 0.1) is 0 Å². The fraction of sp³-hybridized carbons (Fsp3) is 0.111. The second-order valence-corrected chi connectivity index (χ2v) is 4.48. The van der Waals surface area contributed by atoms with Crippen molar-refractivity contribution in [1.29, 1.82) is 0 Å². The minimum Gasteiger partial charge on any atom is -0.399 e. The van der Waals surface area contributed by atoms with Crippen LogP contribution in [0, 0.1) is 0 Å². The summed E-state index contributed by atoms with van der Waals surface area (Å²) in [4.78, 5) is 0. The van der Waals surface area contributed by atoms with Gasteiger partial charge in [0.1, 0.15) is 0 Å². The van der Waals surface area contributed by atoms with Crippen LogP contribution in [0.25, 0.3) is 0 Å². The van der Waals surface area contributed by atoms with Gasteiger partial charge in [-0.3, -0.25) is 0 Å². The Morgan fingerprint density at radius 1 is 1.17 bits per heavy atom. The van der Waals surface area contributed by atoms with Gasteiger partial charge in [-0.2, -0.15) is 0 Å². The topological polar surface area (TPSA) is 26.0 Å². The van der Waals surface area contributed by atoms with Crippen molar-refractivity contribution in [2.24, 2.45) is 0 Å². The third kappa shape index (κ3) is 4.36. The number of para-hydroxylation sites is 1. The predicted octanol–water partition coefficient (Wildman–Crippen LogP) is 3.16. The van der Waals surface area contributed by atoms with E-state index < -0.39 is 0 Å². The van der Waals surface area contributed by atoms with Gasteiger partial charge in [0, 0.05) is 11.4 Å². The average molecular weight is 197 g/mol. The number of hydrogen-bond acceptors (Lipinski definition) is 3. The maximum Gasteiger partial charge on any atom is 0.0313 e. The lowest BCUT2D eigenvalue weighted by Gasteiger charge is -1.83. The first-order valence-electron chi connectivity index (χ1n) is 3.63. The molecule has 3 heteroatoms. The maximum atomic E-state index is 5.36. The molecule has 1 aliphatic rings. The number of hydrogen-bond donors (Lipinski definition) is 1. The molecule has 0 spiro atoms. The van der Waals surface area contributed by atoms with E-state index in [-0.39, 0.29) is 0 Å². The lowest BCUT2D eigenvalue weighted by atomic mass is 10.3. The summed E-state index contributed by atoms with van der Waals surface area (Å²) in [6, 6.07) is 9.49. The van der Waals surface area contributed by atoms with E-state index >= 15 is 0 Å². The van der Waals surface area contributed by atoms with Gasteiger partial charge in [0.15, 0.2) is 0 Å². The molecule has 1 nitrogen and oxygen atoms in total. The van der Waals surface area contributed by atoms with E-state index in [0.717, 1.165) is 5.69 Å². The Kier molecular flexibility index (Phi) is 4.80. The highest BCUT2D eigenvalue weighted by Gasteiger charge is 1.85. The molecule has 2 rings (SSSR count). The van der Waals surface area contributed by atoms with E-state index in [1.54, 1.807) is 0 Å². The fourth-order valence-electron chi connectivity index (χ4n) is 0.649. The van der Waals surface area contributed by atoms with E-state index in [4.69, 9.17) is 5.73 Å². The van der Waals surface area contributed by atoms with Crippen LogP contribution in [-0.4, -0.2) is 5.75 Å². The summed E-state index contributed by atoms with van der Waals surface area (Å²) in [5.74, 6) is 1.20. The monoisotopic (exact) mass is 197 g/mol. The van der Waals surface area contributed by atoms with Crippen LogP contribution in [0.2, 0.25) is 0 Å². The molecule has 0 amide bonds. The zero-order valence-electron chi connectivity index (χ0n) is 6.64. The van der Waals surface area contributed by atoms with Gasteiger partial charge in [-0.1, -0.05) is 45.9 Å². The van der Waals surface area contributed by atoms with Crippen LogP contribution in [0.1, 0.15) is 0 Å². The molecule has 2 N–H and O–H groups in total. The number of rotatable bonds is 0. The van der Waals surface area contributed by atoms with E-state index in [2.05, 4.69) is 11.5 Å². The molecule has 0 saturated carbocycles. The molecule has 0 radical (unpaired) electrons. The highest BCUT2D eigenvalue weighted by molar-refractivity contribution is 8.78. The van der Waals surface area contributed by atoms with E-state index in [9.17, 15) is 0 Å². The summed E-state index contributed by atoms with van der Waals surface area (Å²) in [7, 11) is 3.69. The maximum absolute atomic E-state index is 5.36. The van der Waals surface area contributed by atoms with Crippen molar-refractivity contribution in [3.05, 3.63) is 41.8 Å². The summed E-state index contributed by atoms with van der Waals surface area (Å²) in [5.41, 5.74) is 6.18. The van der Waals surface area contributed by atoms with E-state index in [1.165, 1.54) is 5.75 Å². The molecule has 0 aromatic heterocycles. The molecule has 0 saturated heterocycles. The first kappa shape index (κ1) is 9.55. The van der Waals surface area contributed by atoms with Crippen LogP contribution in [0.4, 0.5) is 5.69 Å². The zero-order valence-corrected chi connectivity index (χ0v) is 8.28. The molecule has 64 valence electrons. The third-order valence-electron chi connectivity index (χ3n) is 1.18. The van der Waals surface area contributed by atoms with Gasteiger partial charge < -0.3 is 5.73 Å². The first-order valence-corrected chi connectivity index (χ1v) is 6.01. The molecule has 1 aromatic carbocycles. The van der Waals surface area contributed by atoms with Crippen molar-refractivity contribution in [3.63, 3.8) is 0 Å². The minimum absolute atomic E-state index is 0.822. The predicted molar refractivity (Wildman–Crippen MR) is 60.0 cm³/mol. The lowest BCUT2D eigenvalue weighted by Crippen LogP contribution is -1.79. The molecule has 0 atom stereocenters. The Balaban J connectivity index is 0.000000127. The molecule has 0 bridgehead atoms. The van der Waals surface area contributed by atoms with Crippen LogP contribution < -0.4 is 5.73 Å². The Labute approximate surface area is 80.8 Å². The summed E-state index contributed by atoms with van der Waals surface area (Å²) in [6.07, 6.45) is 2.16. The van der Waals surface area contributed by atoms with Gasteiger partial charge in [0.2, 0.25) is 0 Å². The van der Waals surface area contributed by atoms with Gasteiger partial charge in [0.25, 0.3) is 0 Å². The number of nitrogens with two attached hydrogens (primary N) is 1. The molecule has 0 unspecified atom stereocenters. The van der Waals surface area contributed by atoms with Crippen molar-refractivity contribution in [3.8, 4) is 0 Å². The fourth-order valence-corrected chi connectivity index (χ4v) is 2.22. The Bertz CT molecular complexity index is 228. The lowest BCUT2D eigenvalue weighted by molar-refractivity contribution is 1.69. The molecule has 1 heterocycles. The number of anilines is 1. The van der Waals surface area contributed by atoms with Crippen LogP contribution in [0.3, 0.4) is 0 Å². The Hall–Kier alpha value is -0.540. The first-order chi connectivity index (χ1) is 5.89. The summed E-state index contributed by atoms with van der Waals surface area (Å²) in [6.45, 7) is 0. The highest BCUT2D eigenvalue weighted by Crippen LogP contribution is 2.27. The van der Waals surface area contributed by atoms with Crippen molar-refractivity contribution in [1.82, 2.24) is 0 Å². The van der Waals surface area contributed by atoms with Gasteiger partial charge in [-0.25, -0.2) is 0 Å². The second kappa shape index (κ2) is 6.03. The summed E-state index contributed by atoms with van der Waals surface area (Å²) < 4.78 is 0. The van der Waals surface area contributed by atoms with Crippen molar-refractivity contribution in [2.75, 3.05) is 11.5 Å². The SMILES string of the molecule is C1=CSSC1.Nc1ccccc1. The summed E-state index contributed by atoms with van der Waals surface area (Å²) >= 11 is 0. The highest BCUT2D eigenvalue weighted by atomic mass is 33.1. The second-order valence-electron chi connectivity index (χ2n) is 2.16. The quantitative estimate of drug-likeness (QED) is 0.511. The molecule has 1 aromatic rings. The van der Waals surface area contributed by atoms with Crippen molar-refractivity contribution >= 4 is 27.3 Å². The number of benzene rings is 1. The molecular formula is C9H11NS2. The average Bonchev–Trinajstić information content (AvgIpc) is 2.62. The van der Waals surface area contributed by atoms with Crippen LogP contribution in [-0.2, 0) is 0 Å². The van der Waals surface area contributed by atoms with E-state index in [0.29, 0.717) is 0 Å². The third-order valence-corrected chi connectivity index (χ3v) is 3.10. The van der Waals surface area contributed by atoms with Gasteiger partial charge >= 0.3 is 0 Å². The molecular weight excluding hydrogens is 186 g/mol. The van der Waals surface area contributed by atoms with E-state index in [1.807, 2.05) is 51.9 Å². The molecule has 1 aliphatic heterocycles. The van der Waals surface area contributed by atoms with Gasteiger partial charge in [-0.15, -0.1) is 0 Å². The Morgan fingerprint density at radius 2 is 1.92 bits per heavy atom. The summed E-state index contributed by atoms with van der Waals surface area (Å²) in [5, 5.41) is 2.12. The van der Waals surface area contributed by atoms with Crippen LogP contribution in [0.5, 0.6) is 0 Å². The molecule has 12 heavy (non-hydrogen) atoms. The minimum atomic E-state index is 0.822. The molecule has 0 fully saturated rings. The normalized spacial score (nSPS) is 13.7.